The number of benzene rings is 1. The summed E-state index contributed by atoms with van der Waals surface area (Å²) in [6.45, 7) is 2.01. The molecule has 1 atom stereocenters. The van der Waals surface area contributed by atoms with Crippen LogP contribution in [0.4, 0.5) is 5.69 Å². The van der Waals surface area contributed by atoms with Crippen molar-refractivity contribution < 1.29 is 14.6 Å². The van der Waals surface area contributed by atoms with Crippen LogP contribution in [0.15, 0.2) is 30.6 Å². The maximum absolute atomic E-state index is 11.2. The van der Waals surface area contributed by atoms with E-state index in [-0.39, 0.29) is 6.54 Å². The summed E-state index contributed by atoms with van der Waals surface area (Å²) in [5.74, 6) is -0.679. The average molecular weight is 275 g/mol. The van der Waals surface area contributed by atoms with Gasteiger partial charge in [-0.15, -0.1) is 0 Å². The van der Waals surface area contributed by atoms with Crippen molar-refractivity contribution in [1.29, 1.82) is 0 Å². The molecule has 0 unspecified atom stereocenters. The fourth-order valence-electron chi connectivity index (χ4n) is 1.98. The summed E-state index contributed by atoms with van der Waals surface area (Å²) in [5, 5.41) is 13.7. The smallest absolute Gasteiger partial charge is 0.336 e. The Kier molecular flexibility index (Phi) is 4.05. The van der Waals surface area contributed by atoms with Crippen LogP contribution in [0.3, 0.4) is 0 Å². The number of anilines is 1. The van der Waals surface area contributed by atoms with E-state index in [0.29, 0.717) is 5.69 Å². The molecule has 106 valence electrons. The molecule has 6 heteroatoms. The third-order valence-corrected chi connectivity index (χ3v) is 2.90. The monoisotopic (exact) mass is 275 g/mol. The molecular weight excluding hydrogens is 258 g/mol. The van der Waals surface area contributed by atoms with Crippen molar-refractivity contribution in [3.8, 4) is 11.1 Å². The number of aryl methyl sites for hydroxylation is 1. The van der Waals surface area contributed by atoms with E-state index in [1.165, 1.54) is 11.8 Å². The number of aliphatic hydroxyl groups is 1. The lowest BCUT2D eigenvalue weighted by Gasteiger charge is -2.07. The molecule has 20 heavy (non-hydrogen) atoms. The molecule has 1 aromatic heterocycles. The van der Waals surface area contributed by atoms with Gasteiger partial charge in [-0.2, -0.15) is 5.10 Å². The number of ether oxygens (including phenoxy) is 1. The summed E-state index contributed by atoms with van der Waals surface area (Å²) in [7, 11) is 1.23. The van der Waals surface area contributed by atoms with Crippen LogP contribution in [0, 0.1) is 6.92 Å². The van der Waals surface area contributed by atoms with Crippen molar-refractivity contribution in [2.24, 2.45) is 0 Å². The number of nitrogens with zero attached hydrogens (tertiary/aromatic N) is 2. The van der Waals surface area contributed by atoms with Gasteiger partial charge in [0.15, 0.2) is 6.10 Å². The highest BCUT2D eigenvalue weighted by molar-refractivity contribution is 5.74. The van der Waals surface area contributed by atoms with Crippen molar-refractivity contribution in [3.05, 3.63) is 36.2 Å². The van der Waals surface area contributed by atoms with Gasteiger partial charge in [-0.1, -0.05) is 6.07 Å². The van der Waals surface area contributed by atoms with E-state index in [9.17, 15) is 9.90 Å². The number of carbonyl (C=O) groups is 1. The van der Waals surface area contributed by atoms with E-state index in [1.54, 1.807) is 12.4 Å². The van der Waals surface area contributed by atoms with Gasteiger partial charge < -0.3 is 15.6 Å². The minimum absolute atomic E-state index is 0.0496. The van der Waals surface area contributed by atoms with Gasteiger partial charge in [0, 0.05) is 17.4 Å². The van der Waals surface area contributed by atoms with Crippen molar-refractivity contribution in [2.75, 3.05) is 12.8 Å². The van der Waals surface area contributed by atoms with Crippen LogP contribution in [0.5, 0.6) is 0 Å². The molecule has 0 saturated carbocycles. The molecule has 0 fully saturated rings. The van der Waals surface area contributed by atoms with Gasteiger partial charge in [0.05, 0.1) is 19.9 Å². The Hall–Kier alpha value is -2.34. The number of aliphatic hydroxyl groups excluding tert-OH is 1. The maximum atomic E-state index is 11.2. The Morgan fingerprint density at radius 2 is 2.20 bits per heavy atom. The second kappa shape index (κ2) is 5.75. The summed E-state index contributed by atoms with van der Waals surface area (Å²) in [6, 6.07) is 5.73. The van der Waals surface area contributed by atoms with Crippen LogP contribution in [0.25, 0.3) is 11.1 Å². The molecule has 2 aromatic rings. The predicted octanol–water partition coefficient (Wildman–Crippen LogP) is 0.975. The largest absolute Gasteiger partial charge is 0.467 e. The lowest BCUT2D eigenvalue weighted by Crippen LogP contribution is -2.27. The second-order valence-corrected chi connectivity index (χ2v) is 4.62. The molecule has 3 N–H and O–H groups in total. The Morgan fingerprint density at radius 1 is 1.45 bits per heavy atom. The van der Waals surface area contributed by atoms with E-state index in [2.05, 4.69) is 9.84 Å². The van der Waals surface area contributed by atoms with Crippen molar-refractivity contribution >= 4 is 11.7 Å². The molecule has 0 spiro atoms. The molecule has 0 saturated heterocycles. The Morgan fingerprint density at radius 3 is 2.85 bits per heavy atom. The third kappa shape index (κ3) is 3.16. The fourth-order valence-corrected chi connectivity index (χ4v) is 1.98. The predicted molar refractivity (Wildman–Crippen MR) is 74.8 cm³/mol. The van der Waals surface area contributed by atoms with Gasteiger partial charge in [0.1, 0.15) is 0 Å². The first-order chi connectivity index (χ1) is 9.49. The van der Waals surface area contributed by atoms with Gasteiger partial charge in [-0.3, -0.25) is 4.68 Å². The standard InChI is InChI=1S/C14H17N3O3/c1-9-3-10(5-12(15)4-9)11-6-16-17(7-11)8-13(18)14(19)20-2/h3-7,13,18H,8,15H2,1-2H3/t13-/m0/s1. The number of carbonyl (C=O) groups excluding carboxylic acids is 1. The van der Waals surface area contributed by atoms with Crippen molar-refractivity contribution in [1.82, 2.24) is 9.78 Å². The average Bonchev–Trinajstić information content (AvgIpc) is 2.85. The molecule has 0 aliphatic carbocycles. The molecule has 0 amide bonds. The zero-order valence-corrected chi connectivity index (χ0v) is 11.4. The van der Waals surface area contributed by atoms with Gasteiger partial charge >= 0.3 is 5.97 Å². The van der Waals surface area contributed by atoms with E-state index < -0.39 is 12.1 Å². The zero-order chi connectivity index (χ0) is 14.7. The number of nitrogens with two attached hydrogens (primary N) is 1. The van der Waals surface area contributed by atoms with E-state index >= 15 is 0 Å². The van der Waals surface area contributed by atoms with Crippen LogP contribution < -0.4 is 5.73 Å². The normalized spacial score (nSPS) is 12.2. The van der Waals surface area contributed by atoms with Gasteiger partial charge in [-0.25, -0.2) is 4.79 Å². The number of rotatable bonds is 4. The van der Waals surface area contributed by atoms with Gasteiger partial charge in [0.25, 0.3) is 0 Å². The molecule has 0 aliphatic rings. The molecule has 6 nitrogen and oxygen atoms in total. The molecule has 2 rings (SSSR count). The summed E-state index contributed by atoms with van der Waals surface area (Å²) in [4.78, 5) is 11.2. The van der Waals surface area contributed by atoms with Crippen LogP contribution in [-0.2, 0) is 16.1 Å². The zero-order valence-electron chi connectivity index (χ0n) is 11.4. The van der Waals surface area contributed by atoms with E-state index in [0.717, 1.165) is 16.7 Å². The number of hydrogen-bond acceptors (Lipinski definition) is 5. The SMILES string of the molecule is COC(=O)[C@@H](O)Cn1cc(-c2cc(C)cc(N)c2)cn1. The van der Waals surface area contributed by atoms with E-state index in [1.807, 2.05) is 25.1 Å². The summed E-state index contributed by atoms with van der Waals surface area (Å²) in [6.07, 6.45) is 2.19. The quantitative estimate of drug-likeness (QED) is 0.641. The number of methoxy groups -OCH3 is 1. The first-order valence-electron chi connectivity index (χ1n) is 6.15. The highest BCUT2D eigenvalue weighted by Gasteiger charge is 2.16. The Bertz CT molecular complexity index is 602. The maximum Gasteiger partial charge on any atom is 0.336 e. The molecule has 1 aromatic carbocycles. The number of aromatic nitrogens is 2. The highest BCUT2D eigenvalue weighted by atomic mass is 16.5. The molecule has 0 radical (unpaired) electrons. The lowest BCUT2D eigenvalue weighted by molar-refractivity contribution is -0.151. The van der Waals surface area contributed by atoms with Crippen molar-refractivity contribution in [3.63, 3.8) is 0 Å². The van der Waals surface area contributed by atoms with Gasteiger partial charge in [-0.05, 0) is 30.2 Å². The van der Waals surface area contributed by atoms with Gasteiger partial charge in [0.2, 0.25) is 0 Å². The van der Waals surface area contributed by atoms with Crippen LogP contribution in [-0.4, -0.2) is 34.1 Å². The lowest BCUT2D eigenvalue weighted by atomic mass is 10.1. The van der Waals surface area contributed by atoms with Crippen LogP contribution >= 0.6 is 0 Å². The minimum Gasteiger partial charge on any atom is -0.467 e. The van der Waals surface area contributed by atoms with Crippen molar-refractivity contribution in [2.45, 2.75) is 19.6 Å². The number of nitrogen functional groups attached to an aromatic ring is 1. The molecule has 0 aliphatic heterocycles. The van der Waals surface area contributed by atoms with Crippen LogP contribution in [0.2, 0.25) is 0 Å². The molecule has 1 heterocycles. The topological polar surface area (TPSA) is 90.4 Å². The molecular formula is C14H17N3O3. The first kappa shape index (κ1) is 14.1. The summed E-state index contributed by atoms with van der Waals surface area (Å²) >= 11 is 0. The molecule has 0 bridgehead atoms. The second-order valence-electron chi connectivity index (χ2n) is 4.62. The number of esters is 1. The third-order valence-electron chi connectivity index (χ3n) is 2.90. The summed E-state index contributed by atoms with van der Waals surface area (Å²) < 4.78 is 5.96. The number of hydrogen-bond donors (Lipinski definition) is 2. The Labute approximate surface area is 116 Å². The van der Waals surface area contributed by atoms with Crippen LogP contribution in [0.1, 0.15) is 5.56 Å². The Balaban J connectivity index is 2.18. The highest BCUT2D eigenvalue weighted by Crippen LogP contribution is 2.22. The minimum atomic E-state index is -1.23. The first-order valence-corrected chi connectivity index (χ1v) is 6.15. The van der Waals surface area contributed by atoms with E-state index in [4.69, 9.17) is 5.73 Å². The summed E-state index contributed by atoms with van der Waals surface area (Å²) in [5.41, 5.74) is 9.37. The fraction of sp³-hybridized carbons (Fsp3) is 0.286.